The second-order valence-electron chi connectivity index (χ2n) is 4.98. The largest absolute Gasteiger partial charge is 0.385 e. The number of para-hydroxylation sites is 1. The predicted molar refractivity (Wildman–Crippen MR) is 87.6 cm³/mol. The molecule has 3 nitrogen and oxygen atoms in total. The van der Waals surface area contributed by atoms with E-state index in [1.807, 2.05) is 48.5 Å². The Morgan fingerprint density at radius 2 is 1.38 bits per heavy atom. The summed E-state index contributed by atoms with van der Waals surface area (Å²) in [6, 6.07) is 19.5. The molecule has 0 saturated carbocycles. The van der Waals surface area contributed by atoms with Crippen LogP contribution >= 0.6 is 0 Å². The highest BCUT2D eigenvalue weighted by molar-refractivity contribution is 5.94. The van der Waals surface area contributed by atoms with E-state index in [-0.39, 0.29) is 5.91 Å². The molecule has 1 amide bonds. The van der Waals surface area contributed by atoms with Crippen LogP contribution in [0.25, 0.3) is 0 Å². The number of hydrogen-bond donors (Lipinski definition) is 2. The van der Waals surface area contributed by atoms with Gasteiger partial charge in [0.1, 0.15) is 0 Å². The zero-order valence-corrected chi connectivity index (χ0v) is 12.2. The molecular formula is C18H22N2O. The van der Waals surface area contributed by atoms with Gasteiger partial charge in [0.2, 0.25) is 0 Å². The van der Waals surface area contributed by atoms with E-state index in [2.05, 4.69) is 22.8 Å². The van der Waals surface area contributed by atoms with Gasteiger partial charge in [0.05, 0.1) is 0 Å². The summed E-state index contributed by atoms with van der Waals surface area (Å²) >= 11 is 0. The van der Waals surface area contributed by atoms with Gasteiger partial charge < -0.3 is 10.6 Å². The monoisotopic (exact) mass is 282 g/mol. The van der Waals surface area contributed by atoms with E-state index >= 15 is 0 Å². The maximum Gasteiger partial charge on any atom is 0.251 e. The van der Waals surface area contributed by atoms with Crippen molar-refractivity contribution in [1.29, 1.82) is 0 Å². The lowest BCUT2D eigenvalue weighted by molar-refractivity contribution is 0.0953. The fourth-order valence-corrected chi connectivity index (χ4v) is 2.11. The normalized spacial score (nSPS) is 10.1. The number of anilines is 1. The summed E-state index contributed by atoms with van der Waals surface area (Å²) in [5, 5.41) is 6.33. The third-order valence-corrected chi connectivity index (χ3v) is 3.28. The molecule has 3 heteroatoms. The van der Waals surface area contributed by atoms with Gasteiger partial charge in [-0.15, -0.1) is 0 Å². The van der Waals surface area contributed by atoms with Crippen molar-refractivity contribution in [2.24, 2.45) is 0 Å². The van der Waals surface area contributed by atoms with Crippen LogP contribution in [0.5, 0.6) is 0 Å². The molecule has 21 heavy (non-hydrogen) atoms. The second-order valence-corrected chi connectivity index (χ2v) is 4.98. The first-order chi connectivity index (χ1) is 10.4. The van der Waals surface area contributed by atoms with Crippen molar-refractivity contribution < 1.29 is 4.79 Å². The van der Waals surface area contributed by atoms with Crippen LogP contribution in [0.4, 0.5) is 5.69 Å². The molecule has 0 aliphatic rings. The Balaban J connectivity index is 1.51. The Morgan fingerprint density at radius 3 is 2.10 bits per heavy atom. The lowest BCUT2D eigenvalue weighted by atomic mass is 10.2. The maximum atomic E-state index is 11.8. The molecule has 2 rings (SSSR count). The first-order valence-electron chi connectivity index (χ1n) is 7.48. The van der Waals surface area contributed by atoms with E-state index in [9.17, 15) is 4.79 Å². The van der Waals surface area contributed by atoms with Crippen LogP contribution in [-0.2, 0) is 0 Å². The highest BCUT2D eigenvalue weighted by atomic mass is 16.1. The molecule has 0 aliphatic carbocycles. The molecule has 2 N–H and O–H groups in total. The average molecular weight is 282 g/mol. The Morgan fingerprint density at radius 1 is 0.762 bits per heavy atom. The third-order valence-electron chi connectivity index (χ3n) is 3.28. The lowest BCUT2D eigenvalue weighted by Crippen LogP contribution is -2.24. The van der Waals surface area contributed by atoms with Crippen molar-refractivity contribution in [2.75, 3.05) is 18.4 Å². The van der Waals surface area contributed by atoms with Crippen molar-refractivity contribution in [3.8, 4) is 0 Å². The molecule has 0 fully saturated rings. The standard InChI is InChI=1S/C18H22N2O/c21-18(16-10-4-1-5-11-16)20-15-9-3-8-14-19-17-12-6-2-7-13-17/h1-2,4-7,10-13,19H,3,8-9,14-15H2,(H,20,21). The molecule has 0 saturated heterocycles. The van der Waals surface area contributed by atoms with Crippen LogP contribution in [0.15, 0.2) is 60.7 Å². The Labute approximate surface area is 126 Å². The zero-order chi connectivity index (χ0) is 14.8. The first kappa shape index (κ1) is 15.1. The van der Waals surface area contributed by atoms with E-state index < -0.39 is 0 Å². The molecule has 0 spiro atoms. The smallest absolute Gasteiger partial charge is 0.251 e. The topological polar surface area (TPSA) is 41.1 Å². The second kappa shape index (κ2) is 8.80. The summed E-state index contributed by atoms with van der Waals surface area (Å²) in [5.74, 6) is 0.0120. The maximum absolute atomic E-state index is 11.8. The first-order valence-corrected chi connectivity index (χ1v) is 7.48. The van der Waals surface area contributed by atoms with E-state index in [0.29, 0.717) is 0 Å². The molecule has 0 radical (unpaired) electrons. The van der Waals surface area contributed by atoms with Crippen molar-refractivity contribution in [3.05, 3.63) is 66.2 Å². The van der Waals surface area contributed by atoms with Crippen molar-refractivity contribution >= 4 is 11.6 Å². The Bertz CT molecular complexity index is 525. The van der Waals surface area contributed by atoms with Gasteiger partial charge in [-0.25, -0.2) is 0 Å². The summed E-state index contributed by atoms with van der Waals surface area (Å²) in [4.78, 5) is 11.8. The van der Waals surface area contributed by atoms with E-state index in [0.717, 1.165) is 43.6 Å². The van der Waals surface area contributed by atoms with Crippen LogP contribution in [0, 0.1) is 0 Å². The van der Waals surface area contributed by atoms with Gasteiger partial charge >= 0.3 is 0 Å². The van der Waals surface area contributed by atoms with Crippen LogP contribution in [0.1, 0.15) is 29.6 Å². The highest BCUT2D eigenvalue weighted by Gasteiger charge is 2.02. The minimum atomic E-state index is 0.0120. The number of hydrogen-bond acceptors (Lipinski definition) is 2. The summed E-state index contributed by atoms with van der Waals surface area (Å²) < 4.78 is 0. The van der Waals surface area contributed by atoms with Crippen molar-refractivity contribution in [2.45, 2.75) is 19.3 Å². The molecule has 0 aromatic heterocycles. The van der Waals surface area contributed by atoms with Crippen LogP contribution < -0.4 is 10.6 Å². The average Bonchev–Trinajstić information content (AvgIpc) is 2.55. The number of unbranched alkanes of at least 4 members (excludes halogenated alkanes) is 2. The molecule has 0 atom stereocenters. The SMILES string of the molecule is O=C(NCCCCCNc1ccccc1)c1ccccc1. The number of carbonyl (C=O) groups is 1. The number of carbonyl (C=O) groups excluding carboxylic acids is 1. The minimum Gasteiger partial charge on any atom is -0.385 e. The van der Waals surface area contributed by atoms with Crippen molar-refractivity contribution in [1.82, 2.24) is 5.32 Å². The molecule has 2 aromatic carbocycles. The van der Waals surface area contributed by atoms with Gasteiger partial charge in [-0.3, -0.25) is 4.79 Å². The fourth-order valence-electron chi connectivity index (χ4n) is 2.11. The summed E-state index contributed by atoms with van der Waals surface area (Å²) in [7, 11) is 0. The van der Waals surface area contributed by atoms with E-state index in [1.54, 1.807) is 0 Å². The van der Waals surface area contributed by atoms with Gasteiger partial charge in [0.25, 0.3) is 5.91 Å². The number of nitrogens with one attached hydrogen (secondary N) is 2. The van der Waals surface area contributed by atoms with E-state index in [4.69, 9.17) is 0 Å². The van der Waals surface area contributed by atoms with Crippen LogP contribution in [0.3, 0.4) is 0 Å². The molecule has 0 unspecified atom stereocenters. The number of benzene rings is 2. The third kappa shape index (κ3) is 5.69. The quantitative estimate of drug-likeness (QED) is 0.725. The molecule has 0 bridgehead atoms. The number of rotatable bonds is 8. The molecule has 0 heterocycles. The van der Waals surface area contributed by atoms with Crippen LogP contribution in [0.2, 0.25) is 0 Å². The molecule has 2 aromatic rings. The van der Waals surface area contributed by atoms with Gasteiger partial charge in [-0.05, 0) is 43.5 Å². The predicted octanol–water partition coefficient (Wildman–Crippen LogP) is 3.70. The van der Waals surface area contributed by atoms with Gasteiger partial charge in [-0.2, -0.15) is 0 Å². The molecule has 0 aliphatic heterocycles. The summed E-state index contributed by atoms with van der Waals surface area (Å²) in [5.41, 5.74) is 1.89. The van der Waals surface area contributed by atoms with Gasteiger partial charge in [-0.1, -0.05) is 36.4 Å². The minimum absolute atomic E-state index is 0.0120. The lowest BCUT2D eigenvalue weighted by Gasteiger charge is -2.07. The Hall–Kier alpha value is -2.29. The molecule has 110 valence electrons. The fraction of sp³-hybridized carbons (Fsp3) is 0.278. The zero-order valence-electron chi connectivity index (χ0n) is 12.2. The van der Waals surface area contributed by atoms with Crippen molar-refractivity contribution in [3.63, 3.8) is 0 Å². The van der Waals surface area contributed by atoms with Crippen LogP contribution in [-0.4, -0.2) is 19.0 Å². The Kier molecular flexibility index (Phi) is 6.33. The number of amides is 1. The van der Waals surface area contributed by atoms with E-state index in [1.165, 1.54) is 0 Å². The highest BCUT2D eigenvalue weighted by Crippen LogP contribution is 2.05. The van der Waals surface area contributed by atoms with Gasteiger partial charge in [0, 0.05) is 24.3 Å². The summed E-state index contributed by atoms with van der Waals surface area (Å²) in [6.45, 7) is 1.70. The summed E-state index contributed by atoms with van der Waals surface area (Å²) in [6.07, 6.45) is 3.22. The van der Waals surface area contributed by atoms with Gasteiger partial charge in [0.15, 0.2) is 0 Å². The molecular weight excluding hydrogens is 260 g/mol.